The van der Waals surface area contributed by atoms with Gasteiger partial charge < -0.3 is 9.47 Å². The maximum Gasteiger partial charge on any atom is 0.229 e. The van der Waals surface area contributed by atoms with Crippen LogP contribution in [0.3, 0.4) is 0 Å². The van der Waals surface area contributed by atoms with Crippen molar-refractivity contribution < 1.29 is 14.3 Å². The molecule has 1 aliphatic heterocycles. The third-order valence-corrected chi connectivity index (χ3v) is 7.77. The summed E-state index contributed by atoms with van der Waals surface area (Å²) in [5.74, 6) is 1.41. The number of rotatable bonds is 8. The molecule has 0 radical (unpaired) electrons. The first-order valence-corrected chi connectivity index (χ1v) is 12.5. The van der Waals surface area contributed by atoms with Crippen LogP contribution in [0.25, 0.3) is 10.2 Å². The quantitative estimate of drug-likeness (QED) is 0.375. The van der Waals surface area contributed by atoms with Crippen LogP contribution in [0, 0.1) is 6.92 Å². The Morgan fingerprint density at radius 2 is 2.13 bits per heavy atom. The smallest absolute Gasteiger partial charge is 0.229 e. The van der Waals surface area contributed by atoms with Gasteiger partial charge in [0.25, 0.3) is 0 Å². The Morgan fingerprint density at radius 1 is 1.32 bits per heavy atom. The van der Waals surface area contributed by atoms with Gasteiger partial charge in [-0.15, -0.1) is 11.8 Å². The highest BCUT2D eigenvalue weighted by Gasteiger charge is 2.27. The summed E-state index contributed by atoms with van der Waals surface area (Å²) in [6.07, 6.45) is 2.44. The number of thiazole rings is 1. The highest BCUT2D eigenvalue weighted by Crippen LogP contribution is 2.39. The topological polar surface area (TPSA) is 51.7 Å². The van der Waals surface area contributed by atoms with Crippen LogP contribution in [0.4, 0.5) is 5.13 Å². The number of benzene rings is 2. The molecule has 1 amide bonds. The fourth-order valence-corrected chi connectivity index (χ4v) is 5.65. The zero-order valence-corrected chi connectivity index (χ0v) is 20.0. The Kier molecular flexibility index (Phi) is 7.38. The van der Waals surface area contributed by atoms with Crippen LogP contribution in [0.15, 0.2) is 41.3 Å². The number of thioether (sulfide) groups is 1. The second-order valence-electron chi connectivity index (χ2n) is 7.47. The monoisotopic (exact) mass is 476 g/mol. The summed E-state index contributed by atoms with van der Waals surface area (Å²) >= 11 is 9.51. The SMILES string of the molecule is COc1ccc(Cl)c2sc(N(CC3CCCO3)C(=O)CCSc3ccc(C)cc3)nc12. The van der Waals surface area contributed by atoms with E-state index in [2.05, 4.69) is 31.2 Å². The Bertz CT molecular complexity index is 1050. The lowest BCUT2D eigenvalue weighted by atomic mass is 10.2. The van der Waals surface area contributed by atoms with Gasteiger partial charge in [0.05, 0.1) is 29.5 Å². The molecule has 5 nitrogen and oxygen atoms in total. The van der Waals surface area contributed by atoms with Gasteiger partial charge in [0, 0.05) is 23.7 Å². The van der Waals surface area contributed by atoms with Crippen molar-refractivity contribution in [2.24, 2.45) is 0 Å². The largest absolute Gasteiger partial charge is 0.494 e. The molecule has 0 N–H and O–H groups in total. The molecule has 0 aliphatic carbocycles. The molecule has 1 aliphatic rings. The fourth-order valence-electron chi connectivity index (χ4n) is 3.53. The number of hydrogen-bond acceptors (Lipinski definition) is 6. The van der Waals surface area contributed by atoms with E-state index in [1.165, 1.54) is 21.8 Å². The molecule has 4 rings (SSSR count). The average molecular weight is 477 g/mol. The van der Waals surface area contributed by atoms with Crippen molar-refractivity contribution in [3.63, 3.8) is 0 Å². The summed E-state index contributed by atoms with van der Waals surface area (Å²) in [6, 6.07) is 12.0. The van der Waals surface area contributed by atoms with Crippen LogP contribution >= 0.6 is 34.7 Å². The Labute approximate surface area is 195 Å². The lowest BCUT2D eigenvalue weighted by Gasteiger charge is -2.23. The minimum Gasteiger partial charge on any atom is -0.494 e. The van der Waals surface area contributed by atoms with Crippen molar-refractivity contribution in [2.75, 3.05) is 30.9 Å². The van der Waals surface area contributed by atoms with Crippen molar-refractivity contribution in [3.05, 3.63) is 47.0 Å². The van der Waals surface area contributed by atoms with Crippen molar-refractivity contribution in [3.8, 4) is 5.75 Å². The minimum absolute atomic E-state index is 0.0399. The molecule has 1 aromatic heterocycles. The van der Waals surface area contributed by atoms with Crippen LogP contribution < -0.4 is 9.64 Å². The van der Waals surface area contributed by atoms with E-state index >= 15 is 0 Å². The molecule has 0 spiro atoms. The average Bonchev–Trinajstić information content (AvgIpc) is 3.44. The van der Waals surface area contributed by atoms with Crippen LogP contribution in [0.2, 0.25) is 5.02 Å². The van der Waals surface area contributed by atoms with Crippen LogP contribution in [0.5, 0.6) is 5.75 Å². The molecule has 164 valence electrons. The number of carbonyl (C=O) groups is 1. The zero-order chi connectivity index (χ0) is 21.8. The third kappa shape index (κ3) is 5.34. The van der Waals surface area contributed by atoms with Gasteiger partial charge in [0.2, 0.25) is 5.91 Å². The maximum atomic E-state index is 13.3. The van der Waals surface area contributed by atoms with Crippen molar-refractivity contribution >= 4 is 56.0 Å². The molecule has 31 heavy (non-hydrogen) atoms. The molecule has 0 bridgehead atoms. The molecule has 1 unspecified atom stereocenters. The summed E-state index contributed by atoms with van der Waals surface area (Å²) in [6.45, 7) is 3.32. The van der Waals surface area contributed by atoms with Crippen molar-refractivity contribution in [1.29, 1.82) is 0 Å². The Balaban J connectivity index is 1.53. The van der Waals surface area contributed by atoms with E-state index in [4.69, 9.17) is 26.1 Å². The fraction of sp³-hybridized carbons (Fsp3) is 0.391. The Morgan fingerprint density at radius 3 is 2.84 bits per heavy atom. The molecule has 2 heterocycles. The highest BCUT2D eigenvalue weighted by molar-refractivity contribution is 7.99. The van der Waals surface area contributed by atoms with E-state index in [0.29, 0.717) is 40.1 Å². The van der Waals surface area contributed by atoms with Crippen LogP contribution in [-0.4, -0.2) is 43.0 Å². The predicted octanol–water partition coefficient (Wildman–Crippen LogP) is 5.96. The van der Waals surface area contributed by atoms with Gasteiger partial charge in [0.15, 0.2) is 5.13 Å². The van der Waals surface area contributed by atoms with Crippen LogP contribution in [-0.2, 0) is 9.53 Å². The molecular formula is C23H25ClN2O3S2. The Hall–Kier alpha value is -1.80. The molecule has 0 saturated carbocycles. The number of methoxy groups -OCH3 is 1. The van der Waals surface area contributed by atoms with Crippen LogP contribution in [0.1, 0.15) is 24.8 Å². The predicted molar refractivity (Wildman–Crippen MR) is 129 cm³/mol. The normalized spacial score (nSPS) is 16.0. The van der Waals surface area contributed by atoms with Crippen molar-refractivity contribution in [1.82, 2.24) is 4.98 Å². The van der Waals surface area contributed by atoms with Crippen molar-refractivity contribution in [2.45, 2.75) is 37.2 Å². The number of ether oxygens (including phenoxy) is 2. The second kappa shape index (κ2) is 10.2. The van der Waals surface area contributed by atoms with Gasteiger partial charge in [-0.2, -0.15) is 0 Å². The minimum atomic E-state index is 0.0399. The lowest BCUT2D eigenvalue weighted by Crippen LogP contribution is -2.37. The van der Waals surface area contributed by atoms with Gasteiger partial charge in [-0.05, 0) is 44.0 Å². The standard InChI is InChI=1S/C23H25ClN2O3S2/c1-15-5-7-17(8-6-15)30-13-11-20(27)26(14-16-4-3-12-29-16)23-25-21-19(28-2)10-9-18(24)22(21)31-23/h5-10,16H,3-4,11-14H2,1-2H3. The van der Waals surface area contributed by atoms with E-state index in [0.717, 1.165) is 24.1 Å². The number of anilines is 1. The summed E-state index contributed by atoms with van der Waals surface area (Å²) in [7, 11) is 1.61. The van der Waals surface area contributed by atoms with Gasteiger partial charge >= 0.3 is 0 Å². The van der Waals surface area contributed by atoms with Gasteiger partial charge in [0.1, 0.15) is 11.3 Å². The first-order chi connectivity index (χ1) is 15.0. The molecule has 2 aromatic carbocycles. The van der Waals surface area contributed by atoms with E-state index in [1.54, 1.807) is 35.9 Å². The number of aromatic nitrogens is 1. The summed E-state index contributed by atoms with van der Waals surface area (Å²) in [5, 5.41) is 1.25. The van der Waals surface area contributed by atoms with E-state index < -0.39 is 0 Å². The first-order valence-electron chi connectivity index (χ1n) is 10.3. The summed E-state index contributed by atoms with van der Waals surface area (Å²) in [5.41, 5.74) is 1.92. The zero-order valence-electron chi connectivity index (χ0n) is 17.6. The molecule has 3 aromatic rings. The number of fused-ring (bicyclic) bond motifs is 1. The van der Waals surface area contributed by atoms with Gasteiger partial charge in [-0.25, -0.2) is 4.98 Å². The number of nitrogens with zero attached hydrogens (tertiary/aromatic N) is 2. The summed E-state index contributed by atoms with van der Waals surface area (Å²) < 4.78 is 12.1. The van der Waals surface area contributed by atoms with E-state index in [1.807, 2.05) is 0 Å². The number of amides is 1. The summed E-state index contributed by atoms with van der Waals surface area (Å²) in [4.78, 5) is 20.9. The highest BCUT2D eigenvalue weighted by atomic mass is 35.5. The number of halogens is 1. The molecule has 8 heteroatoms. The number of carbonyl (C=O) groups excluding carboxylic acids is 1. The first kappa shape index (κ1) is 22.4. The molecule has 1 fully saturated rings. The van der Waals surface area contributed by atoms with Gasteiger partial charge in [-0.1, -0.05) is 40.6 Å². The number of hydrogen-bond donors (Lipinski definition) is 0. The van der Waals surface area contributed by atoms with E-state index in [9.17, 15) is 4.79 Å². The third-order valence-electron chi connectivity index (χ3n) is 5.21. The van der Waals surface area contributed by atoms with Gasteiger partial charge in [-0.3, -0.25) is 9.69 Å². The molecule has 1 saturated heterocycles. The molecule has 1 atom stereocenters. The number of aryl methyl sites for hydroxylation is 1. The second-order valence-corrected chi connectivity index (χ2v) is 10.0. The molecular weight excluding hydrogens is 452 g/mol. The van der Waals surface area contributed by atoms with E-state index in [-0.39, 0.29) is 12.0 Å². The maximum absolute atomic E-state index is 13.3. The lowest BCUT2D eigenvalue weighted by molar-refractivity contribution is -0.118.